The average molecular weight is 360 g/mol. The molecule has 1 aliphatic heterocycles. The van der Waals surface area contributed by atoms with E-state index in [-0.39, 0.29) is 17.6 Å². The molecule has 0 radical (unpaired) electrons. The Morgan fingerprint density at radius 2 is 1.70 bits per heavy atom. The van der Waals surface area contributed by atoms with Crippen LogP contribution >= 0.6 is 0 Å². The van der Waals surface area contributed by atoms with Crippen LogP contribution in [0.3, 0.4) is 0 Å². The van der Waals surface area contributed by atoms with E-state index in [1.165, 1.54) is 17.0 Å². The maximum absolute atomic E-state index is 13.6. The smallest absolute Gasteiger partial charge is 0.262 e. The standard InChI is InChI=1S/C22H17FN2O2/c1-3-6-19-18(11-14-9-10-15(23)12-20(14)24-19)13(2)25-21(26)16-7-4-5-8-17(16)22(25)27/h3-13H,1-2H3/t13-/m0/s1. The van der Waals surface area contributed by atoms with Crippen LogP contribution in [0.5, 0.6) is 0 Å². The molecule has 1 atom stereocenters. The number of pyridine rings is 1. The third-order valence-electron chi connectivity index (χ3n) is 4.83. The first-order valence-electron chi connectivity index (χ1n) is 8.71. The van der Waals surface area contributed by atoms with Crippen LogP contribution in [0.2, 0.25) is 0 Å². The van der Waals surface area contributed by atoms with Crippen LogP contribution in [0.25, 0.3) is 17.0 Å². The fourth-order valence-corrected chi connectivity index (χ4v) is 3.50. The molecule has 0 saturated heterocycles. The Hall–Kier alpha value is -3.34. The molecule has 134 valence electrons. The minimum absolute atomic E-state index is 0.311. The van der Waals surface area contributed by atoms with Gasteiger partial charge in [-0.15, -0.1) is 0 Å². The van der Waals surface area contributed by atoms with E-state index >= 15 is 0 Å². The summed E-state index contributed by atoms with van der Waals surface area (Å²) in [6, 6.07) is 12.6. The molecule has 0 N–H and O–H groups in total. The third kappa shape index (κ3) is 2.72. The molecular formula is C22H17FN2O2. The molecule has 4 nitrogen and oxygen atoms in total. The van der Waals surface area contributed by atoms with Crippen LogP contribution in [0, 0.1) is 5.82 Å². The summed E-state index contributed by atoms with van der Waals surface area (Å²) in [5.41, 5.74) is 2.71. The molecule has 4 rings (SSSR count). The molecule has 5 heteroatoms. The van der Waals surface area contributed by atoms with Gasteiger partial charge in [-0.3, -0.25) is 14.5 Å². The van der Waals surface area contributed by atoms with Gasteiger partial charge in [0.05, 0.1) is 28.4 Å². The van der Waals surface area contributed by atoms with Crippen molar-refractivity contribution in [3.63, 3.8) is 0 Å². The van der Waals surface area contributed by atoms with Crippen molar-refractivity contribution in [2.75, 3.05) is 0 Å². The zero-order chi connectivity index (χ0) is 19.1. The summed E-state index contributed by atoms with van der Waals surface area (Å²) in [4.78, 5) is 31.4. The first-order valence-corrected chi connectivity index (χ1v) is 8.71. The summed E-state index contributed by atoms with van der Waals surface area (Å²) in [5, 5.41) is 0.753. The molecule has 27 heavy (non-hydrogen) atoms. The Bertz CT molecular complexity index is 1090. The number of hydrogen-bond donors (Lipinski definition) is 0. The molecule has 2 amide bonds. The van der Waals surface area contributed by atoms with E-state index in [0.29, 0.717) is 22.3 Å². The lowest BCUT2D eigenvalue weighted by Crippen LogP contribution is -2.33. The summed E-state index contributed by atoms with van der Waals surface area (Å²) < 4.78 is 13.6. The normalized spacial score (nSPS) is 15.0. The maximum atomic E-state index is 13.6. The molecule has 2 heterocycles. The van der Waals surface area contributed by atoms with Crippen LogP contribution in [-0.2, 0) is 0 Å². The van der Waals surface area contributed by atoms with Gasteiger partial charge in [-0.05, 0) is 50.3 Å². The van der Waals surface area contributed by atoms with Crippen LogP contribution in [0.15, 0.2) is 54.6 Å². The van der Waals surface area contributed by atoms with Gasteiger partial charge in [0.1, 0.15) is 5.82 Å². The van der Waals surface area contributed by atoms with Gasteiger partial charge in [0.25, 0.3) is 11.8 Å². The molecule has 0 spiro atoms. The lowest BCUT2D eigenvalue weighted by molar-refractivity contribution is 0.0595. The van der Waals surface area contributed by atoms with E-state index in [0.717, 1.165) is 10.9 Å². The van der Waals surface area contributed by atoms with Crippen LogP contribution in [0.4, 0.5) is 4.39 Å². The van der Waals surface area contributed by atoms with Gasteiger partial charge in [0, 0.05) is 17.0 Å². The van der Waals surface area contributed by atoms with E-state index in [1.54, 1.807) is 43.3 Å². The summed E-state index contributed by atoms with van der Waals surface area (Å²) in [5.74, 6) is -0.981. The number of fused-ring (bicyclic) bond motifs is 2. The molecule has 0 aliphatic carbocycles. The molecule has 3 aromatic rings. The van der Waals surface area contributed by atoms with Crippen LogP contribution in [-0.4, -0.2) is 21.7 Å². The number of amides is 2. The third-order valence-corrected chi connectivity index (χ3v) is 4.83. The monoisotopic (exact) mass is 360 g/mol. The highest BCUT2D eigenvalue weighted by molar-refractivity contribution is 6.21. The zero-order valence-corrected chi connectivity index (χ0v) is 14.9. The highest BCUT2D eigenvalue weighted by Gasteiger charge is 2.39. The highest BCUT2D eigenvalue weighted by atomic mass is 19.1. The van der Waals surface area contributed by atoms with Gasteiger partial charge in [-0.25, -0.2) is 9.37 Å². The number of rotatable bonds is 3. The lowest BCUT2D eigenvalue weighted by Gasteiger charge is -2.24. The van der Waals surface area contributed by atoms with Crippen molar-refractivity contribution in [1.29, 1.82) is 0 Å². The SMILES string of the molecule is CC=Cc1nc2cc(F)ccc2cc1[C@H](C)N1C(=O)c2ccccc2C1=O. The van der Waals surface area contributed by atoms with E-state index in [9.17, 15) is 14.0 Å². The molecular weight excluding hydrogens is 343 g/mol. The fraction of sp³-hybridized carbons (Fsp3) is 0.136. The Morgan fingerprint density at radius 1 is 1.04 bits per heavy atom. The molecule has 0 saturated carbocycles. The number of aromatic nitrogens is 1. The quantitative estimate of drug-likeness (QED) is 0.633. The van der Waals surface area contributed by atoms with Gasteiger partial charge in [0.15, 0.2) is 0 Å². The molecule has 2 aromatic carbocycles. The topological polar surface area (TPSA) is 50.3 Å². The van der Waals surface area contributed by atoms with Crippen LogP contribution in [0.1, 0.15) is 51.9 Å². The van der Waals surface area contributed by atoms with Gasteiger partial charge in [0.2, 0.25) is 0 Å². The second kappa shape index (κ2) is 6.43. The first-order chi connectivity index (χ1) is 13.0. The van der Waals surface area contributed by atoms with E-state index < -0.39 is 6.04 Å². The zero-order valence-electron chi connectivity index (χ0n) is 14.9. The number of carbonyl (C=O) groups is 2. The average Bonchev–Trinajstić information content (AvgIpc) is 2.92. The number of halogens is 1. The van der Waals surface area contributed by atoms with Crippen LogP contribution < -0.4 is 0 Å². The Labute approximate surface area is 155 Å². The van der Waals surface area contributed by atoms with E-state index in [4.69, 9.17) is 0 Å². The predicted molar refractivity (Wildman–Crippen MR) is 102 cm³/mol. The number of allylic oxidation sites excluding steroid dienone is 1. The minimum atomic E-state index is -0.509. The summed E-state index contributed by atoms with van der Waals surface area (Å²) in [7, 11) is 0. The van der Waals surface area contributed by atoms with Crippen molar-refractivity contribution in [3.8, 4) is 0 Å². The van der Waals surface area contributed by atoms with Crippen molar-refractivity contribution >= 4 is 28.8 Å². The number of nitrogens with zero attached hydrogens (tertiary/aromatic N) is 2. The molecule has 1 aliphatic rings. The van der Waals surface area contributed by atoms with Gasteiger partial charge < -0.3 is 0 Å². The van der Waals surface area contributed by atoms with Gasteiger partial charge in [-0.2, -0.15) is 0 Å². The highest BCUT2D eigenvalue weighted by Crippen LogP contribution is 2.33. The van der Waals surface area contributed by atoms with Crippen molar-refractivity contribution in [2.45, 2.75) is 19.9 Å². The lowest BCUT2D eigenvalue weighted by atomic mass is 10.0. The summed E-state index contributed by atoms with van der Waals surface area (Å²) in [6.45, 7) is 3.66. The number of imide groups is 1. The van der Waals surface area contributed by atoms with Gasteiger partial charge in [-0.1, -0.05) is 18.2 Å². The Kier molecular flexibility index (Phi) is 4.07. The molecule has 0 fully saturated rings. The summed E-state index contributed by atoms with van der Waals surface area (Å²) >= 11 is 0. The van der Waals surface area contributed by atoms with Crippen molar-refractivity contribution in [1.82, 2.24) is 9.88 Å². The molecule has 1 aromatic heterocycles. The van der Waals surface area contributed by atoms with E-state index in [1.807, 2.05) is 19.1 Å². The number of hydrogen-bond acceptors (Lipinski definition) is 3. The van der Waals surface area contributed by atoms with Crippen molar-refractivity contribution in [3.05, 3.63) is 82.8 Å². The fourth-order valence-electron chi connectivity index (χ4n) is 3.50. The number of carbonyl (C=O) groups excluding carboxylic acids is 2. The predicted octanol–water partition coefficient (Wildman–Crippen LogP) is 4.76. The molecule has 0 bridgehead atoms. The maximum Gasteiger partial charge on any atom is 0.262 e. The second-order valence-electron chi connectivity index (χ2n) is 6.50. The van der Waals surface area contributed by atoms with E-state index in [2.05, 4.69) is 4.98 Å². The minimum Gasteiger partial charge on any atom is -0.269 e. The largest absolute Gasteiger partial charge is 0.269 e. The molecule has 0 unspecified atom stereocenters. The Morgan fingerprint density at radius 3 is 2.33 bits per heavy atom. The van der Waals surface area contributed by atoms with Gasteiger partial charge >= 0.3 is 0 Å². The second-order valence-corrected chi connectivity index (χ2v) is 6.50. The first kappa shape index (κ1) is 17.1. The Balaban J connectivity index is 1.84. The number of benzene rings is 2. The summed E-state index contributed by atoms with van der Waals surface area (Å²) in [6.07, 6.45) is 3.63. The van der Waals surface area contributed by atoms with Crippen molar-refractivity contribution < 1.29 is 14.0 Å². The van der Waals surface area contributed by atoms with Crippen molar-refractivity contribution in [2.24, 2.45) is 0 Å².